The largest absolute Gasteiger partial charge is 0.329 e. The average Bonchev–Trinajstić information content (AvgIpc) is 2.71. The SMILES string of the molecule is CC1CCCCC1(CN)NS(=O)(=O)N1CCCCCC1. The maximum absolute atomic E-state index is 12.7. The molecule has 2 atom stereocenters. The first kappa shape index (κ1) is 16.2. The molecule has 0 bridgehead atoms. The zero-order chi connectivity index (χ0) is 14.6. The van der Waals surface area contributed by atoms with Gasteiger partial charge in [0.2, 0.25) is 0 Å². The minimum atomic E-state index is -3.41. The lowest BCUT2D eigenvalue weighted by atomic mass is 9.74. The molecule has 6 heteroatoms. The molecule has 0 spiro atoms. The van der Waals surface area contributed by atoms with Crippen LogP contribution >= 0.6 is 0 Å². The molecule has 0 amide bonds. The fourth-order valence-electron chi connectivity index (χ4n) is 3.51. The molecule has 1 heterocycles. The average molecular weight is 303 g/mol. The highest BCUT2D eigenvalue weighted by molar-refractivity contribution is 7.87. The lowest BCUT2D eigenvalue weighted by Crippen LogP contribution is -2.61. The van der Waals surface area contributed by atoms with Crippen molar-refractivity contribution in [1.29, 1.82) is 0 Å². The molecule has 1 aliphatic heterocycles. The molecule has 1 saturated carbocycles. The van der Waals surface area contributed by atoms with Crippen molar-refractivity contribution in [3.05, 3.63) is 0 Å². The highest BCUT2D eigenvalue weighted by atomic mass is 32.2. The first-order valence-electron chi connectivity index (χ1n) is 7.99. The number of rotatable bonds is 4. The first-order valence-corrected chi connectivity index (χ1v) is 9.43. The summed E-state index contributed by atoms with van der Waals surface area (Å²) in [5.74, 6) is 0.308. The first-order chi connectivity index (χ1) is 9.50. The number of nitrogens with two attached hydrogens (primary N) is 1. The zero-order valence-corrected chi connectivity index (χ0v) is 13.4. The van der Waals surface area contributed by atoms with Crippen LogP contribution in [0, 0.1) is 5.92 Å². The molecular weight excluding hydrogens is 274 g/mol. The van der Waals surface area contributed by atoms with Crippen molar-refractivity contribution in [2.24, 2.45) is 11.7 Å². The van der Waals surface area contributed by atoms with Gasteiger partial charge in [0.05, 0.1) is 0 Å². The van der Waals surface area contributed by atoms with E-state index >= 15 is 0 Å². The quantitative estimate of drug-likeness (QED) is 0.828. The van der Waals surface area contributed by atoms with E-state index < -0.39 is 15.7 Å². The second kappa shape index (κ2) is 6.73. The monoisotopic (exact) mass is 303 g/mol. The van der Waals surface area contributed by atoms with Crippen LogP contribution in [0.2, 0.25) is 0 Å². The van der Waals surface area contributed by atoms with Gasteiger partial charge < -0.3 is 5.73 Å². The summed E-state index contributed by atoms with van der Waals surface area (Å²) in [6.07, 6.45) is 8.34. The number of hydrogen-bond donors (Lipinski definition) is 2. The van der Waals surface area contributed by atoms with Crippen LogP contribution in [0.25, 0.3) is 0 Å². The Bertz CT molecular complexity index is 405. The molecule has 20 heavy (non-hydrogen) atoms. The van der Waals surface area contributed by atoms with Crippen LogP contribution < -0.4 is 10.5 Å². The van der Waals surface area contributed by atoms with Crippen LogP contribution in [0.15, 0.2) is 0 Å². The second-order valence-corrected chi connectivity index (χ2v) is 8.10. The van der Waals surface area contributed by atoms with Crippen molar-refractivity contribution in [1.82, 2.24) is 9.03 Å². The molecule has 5 nitrogen and oxygen atoms in total. The van der Waals surface area contributed by atoms with E-state index in [1.54, 1.807) is 4.31 Å². The molecular formula is C14H29N3O2S. The lowest BCUT2D eigenvalue weighted by Gasteiger charge is -2.43. The summed E-state index contributed by atoms with van der Waals surface area (Å²) in [6, 6.07) is 0. The minimum Gasteiger partial charge on any atom is -0.329 e. The normalized spacial score (nSPS) is 33.8. The van der Waals surface area contributed by atoms with Crippen LogP contribution in [-0.4, -0.2) is 37.9 Å². The molecule has 0 aromatic rings. The smallest absolute Gasteiger partial charge is 0.280 e. The third kappa shape index (κ3) is 3.53. The molecule has 2 unspecified atom stereocenters. The van der Waals surface area contributed by atoms with Crippen molar-refractivity contribution in [3.63, 3.8) is 0 Å². The number of nitrogens with one attached hydrogen (secondary N) is 1. The van der Waals surface area contributed by atoms with Gasteiger partial charge in [0.25, 0.3) is 10.2 Å². The second-order valence-electron chi connectivity index (χ2n) is 6.43. The molecule has 0 aromatic carbocycles. The molecule has 0 radical (unpaired) electrons. The van der Waals surface area contributed by atoms with Crippen molar-refractivity contribution in [2.45, 2.75) is 63.8 Å². The van der Waals surface area contributed by atoms with Crippen molar-refractivity contribution >= 4 is 10.2 Å². The highest BCUT2D eigenvalue weighted by Crippen LogP contribution is 2.34. The Morgan fingerprint density at radius 3 is 2.35 bits per heavy atom. The molecule has 2 rings (SSSR count). The van der Waals surface area contributed by atoms with Gasteiger partial charge in [-0.05, 0) is 31.6 Å². The molecule has 0 aromatic heterocycles. The minimum absolute atomic E-state index is 0.308. The van der Waals surface area contributed by atoms with E-state index in [2.05, 4.69) is 11.6 Å². The van der Waals surface area contributed by atoms with E-state index in [0.29, 0.717) is 25.6 Å². The van der Waals surface area contributed by atoms with Gasteiger partial charge >= 0.3 is 0 Å². The van der Waals surface area contributed by atoms with Crippen LogP contribution in [0.3, 0.4) is 0 Å². The summed E-state index contributed by atoms with van der Waals surface area (Å²) in [5.41, 5.74) is 5.51. The standard InChI is InChI=1S/C14H29N3O2S/c1-13-8-4-5-9-14(13,12-15)16-20(18,19)17-10-6-2-3-7-11-17/h13,16H,2-12,15H2,1H3. The van der Waals surface area contributed by atoms with Crippen LogP contribution in [0.1, 0.15) is 58.3 Å². The Hall–Kier alpha value is -0.170. The van der Waals surface area contributed by atoms with Crippen LogP contribution in [-0.2, 0) is 10.2 Å². The number of nitrogens with zero attached hydrogens (tertiary/aromatic N) is 1. The van der Waals surface area contributed by atoms with Gasteiger partial charge in [-0.3, -0.25) is 0 Å². The predicted octanol–water partition coefficient (Wildman–Crippen LogP) is 1.60. The fraction of sp³-hybridized carbons (Fsp3) is 1.00. The molecule has 3 N–H and O–H groups in total. The number of hydrogen-bond acceptors (Lipinski definition) is 3. The molecule has 2 aliphatic rings. The Morgan fingerprint density at radius 2 is 1.80 bits per heavy atom. The lowest BCUT2D eigenvalue weighted by molar-refractivity contribution is 0.187. The summed E-state index contributed by atoms with van der Waals surface area (Å²) in [7, 11) is -3.41. The maximum atomic E-state index is 12.7. The van der Waals surface area contributed by atoms with Gasteiger partial charge in [-0.25, -0.2) is 0 Å². The Kier molecular flexibility index (Phi) is 5.45. The van der Waals surface area contributed by atoms with E-state index in [1.807, 2.05) is 0 Å². The summed E-state index contributed by atoms with van der Waals surface area (Å²) in [6.45, 7) is 3.80. The summed E-state index contributed by atoms with van der Waals surface area (Å²) in [4.78, 5) is 0. The van der Waals surface area contributed by atoms with E-state index in [0.717, 1.165) is 44.9 Å². The molecule has 118 valence electrons. The fourth-order valence-corrected chi connectivity index (χ4v) is 5.28. The Balaban J connectivity index is 2.12. The Morgan fingerprint density at radius 1 is 1.15 bits per heavy atom. The van der Waals surface area contributed by atoms with E-state index in [9.17, 15) is 8.42 Å². The predicted molar refractivity (Wildman–Crippen MR) is 81.5 cm³/mol. The van der Waals surface area contributed by atoms with Crippen LogP contribution in [0.4, 0.5) is 0 Å². The van der Waals surface area contributed by atoms with E-state index in [1.165, 1.54) is 6.42 Å². The summed E-state index contributed by atoms with van der Waals surface area (Å²) >= 11 is 0. The van der Waals surface area contributed by atoms with E-state index in [-0.39, 0.29) is 0 Å². The van der Waals surface area contributed by atoms with Crippen LogP contribution in [0.5, 0.6) is 0 Å². The summed E-state index contributed by atoms with van der Waals surface area (Å²) in [5, 5.41) is 0. The molecule has 1 aliphatic carbocycles. The molecule has 2 fully saturated rings. The Labute approximate surface area is 123 Å². The third-order valence-electron chi connectivity index (χ3n) is 5.05. The van der Waals surface area contributed by atoms with Gasteiger partial charge in [0.1, 0.15) is 0 Å². The van der Waals surface area contributed by atoms with Crippen molar-refractivity contribution < 1.29 is 8.42 Å². The third-order valence-corrected chi connectivity index (χ3v) is 6.76. The van der Waals surface area contributed by atoms with Gasteiger partial charge in [0, 0.05) is 25.2 Å². The van der Waals surface area contributed by atoms with Crippen molar-refractivity contribution in [2.75, 3.05) is 19.6 Å². The topological polar surface area (TPSA) is 75.4 Å². The zero-order valence-electron chi connectivity index (χ0n) is 12.6. The van der Waals surface area contributed by atoms with Gasteiger partial charge in [-0.15, -0.1) is 0 Å². The molecule has 1 saturated heterocycles. The van der Waals surface area contributed by atoms with Gasteiger partial charge in [-0.2, -0.15) is 17.4 Å². The van der Waals surface area contributed by atoms with Gasteiger partial charge in [0.15, 0.2) is 0 Å². The van der Waals surface area contributed by atoms with Crippen molar-refractivity contribution in [3.8, 4) is 0 Å². The highest BCUT2D eigenvalue weighted by Gasteiger charge is 2.41. The van der Waals surface area contributed by atoms with E-state index in [4.69, 9.17) is 5.73 Å². The van der Waals surface area contributed by atoms with Gasteiger partial charge in [-0.1, -0.05) is 32.6 Å². The maximum Gasteiger partial charge on any atom is 0.280 e. The summed E-state index contributed by atoms with van der Waals surface area (Å²) < 4.78 is 30.0.